The minimum Gasteiger partial charge on any atom is -0.390 e. The van der Waals surface area contributed by atoms with Gasteiger partial charge in [0.05, 0.1) is 16.9 Å². The van der Waals surface area contributed by atoms with E-state index < -0.39 is 16.1 Å². The van der Waals surface area contributed by atoms with E-state index in [1.165, 1.54) is 0 Å². The van der Waals surface area contributed by atoms with E-state index in [4.69, 9.17) is 11.6 Å². The molecule has 0 aliphatic carbocycles. The predicted molar refractivity (Wildman–Crippen MR) is 84.3 cm³/mol. The summed E-state index contributed by atoms with van der Waals surface area (Å²) in [6.07, 6.45) is 2.26. The largest absolute Gasteiger partial charge is 0.390 e. The van der Waals surface area contributed by atoms with Crippen LogP contribution in [-0.2, 0) is 10.0 Å². The fraction of sp³-hybridized carbons (Fsp3) is 0.571. The third-order valence-corrected chi connectivity index (χ3v) is 5.76. The Labute approximate surface area is 131 Å². The van der Waals surface area contributed by atoms with E-state index >= 15 is 0 Å². The van der Waals surface area contributed by atoms with Gasteiger partial charge in [0.25, 0.3) is 0 Å². The van der Waals surface area contributed by atoms with Gasteiger partial charge in [-0.3, -0.25) is 0 Å². The van der Waals surface area contributed by atoms with E-state index in [0.717, 1.165) is 19.3 Å². The van der Waals surface area contributed by atoms with Gasteiger partial charge in [-0.1, -0.05) is 12.5 Å². The summed E-state index contributed by atoms with van der Waals surface area (Å²) in [5, 5.41) is 12.4. The Kier molecular flexibility index (Phi) is 5.87. The highest BCUT2D eigenvalue weighted by atomic mass is 35.5. The van der Waals surface area contributed by atoms with Gasteiger partial charge in [-0.05, 0) is 31.0 Å². The molecule has 1 aliphatic rings. The topological polar surface area (TPSA) is 69.6 Å². The summed E-state index contributed by atoms with van der Waals surface area (Å²) in [4.78, 5) is 0.287. The minimum absolute atomic E-state index is 0.138. The lowest BCUT2D eigenvalue weighted by Gasteiger charge is -2.26. The van der Waals surface area contributed by atoms with E-state index in [1.807, 2.05) is 0 Å². The molecule has 0 amide bonds. The van der Waals surface area contributed by atoms with Crippen molar-refractivity contribution in [3.63, 3.8) is 0 Å². The molecular weight excluding hydrogens is 312 g/mol. The number of piperidine rings is 1. The molecular formula is C14H21ClN2O3S. The average molecular weight is 333 g/mol. The van der Waals surface area contributed by atoms with Crippen LogP contribution in [0.4, 0.5) is 5.69 Å². The number of halogens is 1. The van der Waals surface area contributed by atoms with Crippen molar-refractivity contribution in [3.05, 3.63) is 24.3 Å². The standard InChI is InChI=1S/C14H21ClN2O3S/c15-10-13(18)11-16-12-5-4-6-14(9-12)21(19,20)17-7-2-1-3-8-17/h4-6,9,13,16,18H,1-3,7-8,10-11H2. The Morgan fingerprint density at radius 1 is 1.29 bits per heavy atom. The van der Waals surface area contributed by atoms with Crippen LogP contribution in [0.15, 0.2) is 29.2 Å². The molecule has 0 bridgehead atoms. The lowest BCUT2D eigenvalue weighted by Crippen LogP contribution is -2.35. The van der Waals surface area contributed by atoms with E-state index in [9.17, 15) is 13.5 Å². The quantitative estimate of drug-likeness (QED) is 0.780. The number of sulfonamides is 1. The zero-order valence-corrected chi connectivity index (χ0v) is 13.4. The maximum atomic E-state index is 12.6. The fourth-order valence-electron chi connectivity index (χ4n) is 2.31. The lowest BCUT2D eigenvalue weighted by atomic mass is 10.2. The maximum absolute atomic E-state index is 12.6. The molecule has 7 heteroatoms. The number of rotatable bonds is 6. The van der Waals surface area contributed by atoms with Gasteiger partial charge in [0.15, 0.2) is 0 Å². The van der Waals surface area contributed by atoms with Crippen molar-refractivity contribution in [1.29, 1.82) is 0 Å². The van der Waals surface area contributed by atoms with Crippen molar-refractivity contribution >= 4 is 27.3 Å². The second-order valence-corrected chi connectivity index (χ2v) is 7.43. The molecule has 0 spiro atoms. The molecule has 21 heavy (non-hydrogen) atoms. The van der Waals surface area contributed by atoms with Gasteiger partial charge in [0.2, 0.25) is 10.0 Å². The molecule has 1 aromatic carbocycles. The maximum Gasteiger partial charge on any atom is 0.243 e. The summed E-state index contributed by atoms with van der Waals surface area (Å²) in [5.41, 5.74) is 0.664. The molecule has 1 unspecified atom stereocenters. The average Bonchev–Trinajstić information content (AvgIpc) is 2.53. The molecule has 1 fully saturated rings. The molecule has 0 aromatic heterocycles. The third kappa shape index (κ3) is 4.32. The summed E-state index contributed by atoms with van der Waals surface area (Å²) in [5.74, 6) is 0.138. The van der Waals surface area contributed by atoms with Crippen molar-refractivity contribution in [2.24, 2.45) is 0 Å². The van der Waals surface area contributed by atoms with Gasteiger partial charge in [-0.25, -0.2) is 8.42 Å². The number of anilines is 1. The highest BCUT2D eigenvalue weighted by Gasteiger charge is 2.25. The van der Waals surface area contributed by atoms with Crippen LogP contribution >= 0.6 is 11.6 Å². The SMILES string of the molecule is O=S(=O)(c1cccc(NCC(O)CCl)c1)N1CCCCC1. The Hall–Kier alpha value is -0.820. The van der Waals surface area contributed by atoms with Gasteiger partial charge in [-0.15, -0.1) is 11.6 Å². The van der Waals surface area contributed by atoms with Crippen LogP contribution in [0.5, 0.6) is 0 Å². The monoisotopic (exact) mass is 332 g/mol. The Morgan fingerprint density at radius 3 is 2.67 bits per heavy atom. The Morgan fingerprint density at radius 2 is 2.00 bits per heavy atom. The highest BCUT2D eigenvalue weighted by molar-refractivity contribution is 7.89. The predicted octanol–water partition coefficient (Wildman–Crippen LogP) is 1.87. The molecule has 2 rings (SSSR count). The molecule has 2 N–H and O–H groups in total. The van der Waals surface area contributed by atoms with E-state index in [2.05, 4.69) is 5.32 Å². The number of hydrogen-bond acceptors (Lipinski definition) is 4. The van der Waals surface area contributed by atoms with E-state index in [-0.39, 0.29) is 17.3 Å². The normalized spacial score (nSPS) is 18.4. The second kappa shape index (κ2) is 7.45. The Balaban J connectivity index is 2.12. The first-order chi connectivity index (χ1) is 10.0. The van der Waals surface area contributed by atoms with Crippen LogP contribution in [0.2, 0.25) is 0 Å². The van der Waals surface area contributed by atoms with E-state index in [1.54, 1.807) is 28.6 Å². The molecule has 5 nitrogen and oxygen atoms in total. The molecule has 0 saturated carbocycles. The summed E-state index contributed by atoms with van der Waals surface area (Å²) in [6.45, 7) is 1.46. The number of benzene rings is 1. The second-order valence-electron chi connectivity index (χ2n) is 5.18. The first kappa shape index (κ1) is 16.5. The van der Waals surface area contributed by atoms with Crippen molar-refractivity contribution < 1.29 is 13.5 Å². The number of nitrogens with zero attached hydrogens (tertiary/aromatic N) is 1. The van der Waals surface area contributed by atoms with Crippen molar-refractivity contribution in [1.82, 2.24) is 4.31 Å². The van der Waals surface area contributed by atoms with Gasteiger partial charge in [0.1, 0.15) is 0 Å². The number of nitrogens with one attached hydrogen (secondary N) is 1. The summed E-state index contributed by atoms with van der Waals surface area (Å²) < 4.78 is 26.7. The molecule has 1 heterocycles. The zero-order valence-electron chi connectivity index (χ0n) is 11.8. The number of aliphatic hydroxyl groups excluding tert-OH is 1. The van der Waals surface area contributed by atoms with Crippen molar-refractivity contribution in [2.45, 2.75) is 30.3 Å². The van der Waals surface area contributed by atoms with Crippen LogP contribution in [-0.4, -0.2) is 49.4 Å². The molecule has 1 aliphatic heterocycles. The number of aliphatic hydroxyl groups is 1. The summed E-state index contributed by atoms with van der Waals surface area (Å²) in [7, 11) is -3.42. The molecule has 1 aromatic rings. The van der Waals surface area contributed by atoms with Gasteiger partial charge in [-0.2, -0.15) is 4.31 Å². The van der Waals surface area contributed by atoms with Gasteiger partial charge < -0.3 is 10.4 Å². The van der Waals surface area contributed by atoms with Gasteiger partial charge in [0, 0.05) is 25.3 Å². The van der Waals surface area contributed by atoms with Crippen LogP contribution in [0.25, 0.3) is 0 Å². The highest BCUT2D eigenvalue weighted by Crippen LogP contribution is 2.22. The molecule has 0 radical (unpaired) electrons. The molecule has 1 atom stereocenters. The first-order valence-electron chi connectivity index (χ1n) is 7.12. The minimum atomic E-state index is -3.42. The summed E-state index contributed by atoms with van der Waals surface area (Å²) >= 11 is 5.53. The summed E-state index contributed by atoms with van der Waals surface area (Å²) in [6, 6.07) is 6.68. The van der Waals surface area contributed by atoms with Crippen LogP contribution in [0.3, 0.4) is 0 Å². The first-order valence-corrected chi connectivity index (χ1v) is 9.09. The van der Waals surface area contributed by atoms with Crippen molar-refractivity contribution in [2.75, 3.05) is 30.8 Å². The zero-order chi connectivity index (χ0) is 15.3. The Bertz CT molecular complexity index is 559. The lowest BCUT2D eigenvalue weighted by molar-refractivity contribution is 0.211. The van der Waals surface area contributed by atoms with Crippen LogP contribution < -0.4 is 5.32 Å². The van der Waals surface area contributed by atoms with Crippen LogP contribution in [0, 0.1) is 0 Å². The van der Waals surface area contributed by atoms with Crippen molar-refractivity contribution in [3.8, 4) is 0 Å². The van der Waals surface area contributed by atoms with Crippen LogP contribution in [0.1, 0.15) is 19.3 Å². The van der Waals surface area contributed by atoms with E-state index in [0.29, 0.717) is 18.8 Å². The molecule has 118 valence electrons. The third-order valence-electron chi connectivity index (χ3n) is 3.51. The molecule has 1 saturated heterocycles. The fourth-order valence-corrected chi connectivity index (χ4v) is 3.98. The van der Waals surface area contributed by atoms with Gasteiger partial charge >= 0.3 is 0 Å². The smallest absolute Gasteiger partial charge is 0.243 e. The number of alkyl halides is 1. The number of hydrogen-bond donors (Lipinski definition) is 2.